The summed E-state index contributed by atoms with van der Waals surface area (Å²) in [5, 5.41) is 7.56. The number of amides is 1. The Bertz CT molecular complexity index is 507. The highest BCUT2D eigenvalue weighted by atomic mass is 35.5. The van der Waals surface area contributed by atoms with E-state index in [0.29, 0.717) is 22.5 Å². The number of hydrogen-bond acceptors (Lipinski definition) is 2. The highest BCUT2D eigenvalue weighted by Crippen LogP contribution is 2.13. The molecule has 1 aliphatic heterocycles. The first-order chi connectivity index (χ1) is 10.6. The molecule has 0 radical (unpaired) electrons. The number of nitrogens with zero attached hydrogens (tertiary/aromatic N) is 1. The molecule has 1 aliphatic rings. The molecule has 0 unspecified atom stereocenters. The van der Waals surface area contributed by atoms with Crippen molar-refractivity contribution in [3.8, 4) is 0 Å². The van der Waals surface area contributed by atoms with E-state index in [0.717, 1.165) is 51.0 Å². The van der Waals surface area contributed by atoms with Crippen molar-refractivity contribution < 1.29 is 4.79 Å². The second-order valence-corrected chi connectivity index (χ2v) is 6.28. The van der Waals surface area contributed by atoms with E-state index in [9.17, 15) is 4.79 Å². The number of carbonyl (C=O) groups is 1. The number of likely N-dealkylation sites (tertiary alicyclic amines) is 1. The minimum atomic E-state index is 0.291. The quantitative estimate of drug-likeness (QED) is 0.637. The summed E-state index contributed by atoms with van der Waals surface area (Å²) in [6, 6.07) is 7.40. The highest BCUT2D eigenvalue weighted by molar-refractivity contribution is 7.80. The van der Waals surface area contributed by atoms with Crippen LogP contribution < -0.4 is 10.6 Å². The fourth-order valence-corrected chi connectivity index (χ4v) is 2.80. The Kier molecular flexibility index (Phi) is 6.93. The van der Waals surface area contributed by atoms with Gasteiger partial charge in [-0.25, -0.2) is 0 Å². The Labute approximate surface area is 142 Å². The van der Waals surface area contributed by atoms with Crippen molar-refractivity contribution in [2.24, 2.45) is 0 Å². The van der Waals surface area contributed by atoms with Gasteiger partial charge in [-0.05, 0) is 55.7 Å². The number of halogens is 1. The summed E-state index contributed by atoms with van der Waals surface area (Å²) in [4.78, 5) is 13.8. The van der Waals surface area contributed by atoms with Crippen molar-refractivity contribution in [1.29, 1.82) is 0 Å². The summed E-state index contributed by atoms with van der Waals surface area (Å²) < 4.78 is 0. The molecule has 1 heterocycles. The number of thiocarbonyl (C=S) groups is 1. The van der Waals surface area contributed by atoms with Crippen LogP contribution in [0.2, 0.25) is 5.02 Å². The Hall–Kier alpha value is -1.33. The van der Waals surface area contributed by atoms with Crippen LogP contribution in [-0.4, -0.2) is 35.6 Å². The molecule has 0 saturated carbocycles. The average molecular weight is 340 g/mol. The molecule has 2 N–H and O–H groups in total. The third kappa shape index (κ3) is 5.81. The van der Waals surface area contributed by atoms with Gasteiger partial charge in [0.1, 0.15) is 0 Å². The molecule has 1 fully saturated rings. The average Bonchev–Trinajstić information content (AvgIpc) is 2.71. The van der Waals surface area contributed by atoms with Crippen LogP contribution in [0.3, 0.4) is 0 Å². The topological polar surface area (TPSA) is 44.4 Å². The molecule has 0 spiro atoms. The normalized spacial score (nSPS) is 15.3. The first-order valence-corrected chi connectivity index (χ1v) is 8.52. The molecular weight excluding hydrogens is 318 g/mol. The number of benzene rings is 1. The number of anilines is 1. The van der Waals surface area contributed by atoms with Crippen LogP contribution in [0.4, 0.5) is 5.69 Å². The molecule has 1 amide bonds. The lowest BCUT2D eigenvalue weighted by molar-refractivity contribution is -0.130. The number of rotatable bonds is 5. The van der Waals surface area contributed by atoms with Gasteiger partial charge in [0, 0.05) is 36.8 Å². The van der Waals surface area contributed by atoms with Gasteiger partial charge in [0.15, 0.2) is 5.11 Å². The van der Waals surface area contributed by atoms with Gasteiger partial charge in [0.2, 0.25) is 5.91 Å². The Balaban J connectivity index is 1.64. The second kappa shape index (κ2) is 8.96. The third-order valence-corrected chi connectivity index (χ3v) is 4.16. The van der Waals surface area contributed by atoms with E-state index in [2.05, 4.69) is 10.6 Å². The molecular formula is C16H22ClN3OS. The van der Waals surface area contributed by atoms with Gasteiger partial charge < -0.3 is 15.5 Å². The molecule has 0 bridgehead atoms. The van der Waals surface area contributed by atoms with Crippen LogP contribution in [0.5, 0.6) is 0 Å². The van der Waals surface area contributed by atoms with Gasteiger partial charge in [0.25, 0.3) is 0 Å². The summed E-state index contributed by atoms with van der Waals surface area (Å²) in [7, 11) is 0. The Morgan fingerprint density at radius 3 is 2.77 bits per heavy atom. The van der Waals surface area contributed by atoms with Gasteiger partial charge in [-0.1, -0.05) is 18.0 Å². The zero-order valence-corrected chi connectivity index (χ0v) is 14.2. The molecule has 1 aromatic carbocycles. The zero-order chi connectivity index (χ0) is 15.8. The van der Waals surface area contributed by atoms with Gasteiger partial charge in [0.05, 0.1) is 0 Å². The lowest BCUT2D eigenvalue weighted by Gasteiger charge is -2.20. The largest absolute Gasteiger partial charge is 0.362 e. The number of nitrogens with one attached hydrogen (secondary N) is 2. The molecule has 1 saturated heterocycles. The van der Waals surface area contributed by atoms with Crippen LogP contribution >= 0.6 is 23.8 Å². The summed E-state index contributed by atoms with van der Waals surface area (Å²) in [6.07, 6.45) is 4.91. The smallest absolute Gasteiger partial charge is 0.222 e. The van der Waals surface area contributed by atoms with Crippen molar-refractivity contribution in [2.45, 2.75) is 32.1 Å². The van der Waals surface area contributed by atoms with E-state index < -0.39 is 0 Å². The molecule has 6 heteroatoms. The van der Waals surface area contributed by atoms with E-state index in [1.165, 1.54) is 0 Å². The van der Waals surface area contributed by atoms with E-state index in [-0.39, 0.29) is 0 Å². The first kappa shape index (κ1) is 17.0. The molecule has 0 aromatic heterocycles. The summed E-state index contributed by atoms with van der Waals surface area (Å²) in [5.41, 5.74) is 0.907. The first-order valence-electron chi connectivity index (χ1n) is 7.73. The molecule has 0 aliphatic carbocycles. The fraction of sp³-hybridized carbons (Fsp3) is 0.500. The summed E-state index contributed by atoms with van der Waals surface area (Å²) in [6.45, 7) is 2.45. The monoisotopic (exact) mass is 339 g/mol. The second-order valence-electron chi connectivity index (χ2n) is 5.43. The predicted octanol–water partition coefficient (Wildman–Crippen LogP) is 3.42. The molecule has 22 heavy (non-hydrogen) atoms. The van der Waals surface area contributed by atoms with Crippen molar-refractivity contribution in [1.82, 2.24) is 10.2 Å². The van der Waals surface area contributed by atoms with Gasteiger partial charge in [-0.3, -0.25) is 4.79 Å². The van der Waals surface area contributed by atoms with Crippen molar-refractivity contribution in [3.05, 3.63) is 29.3 Å². The van der Waals surface area contributed by atoms with Crippen LogP contribution in [0.1, 0.15) is 32.1 Å². The maximum absolute atomic E-state index is 11.9. The number of carbonyl (C=O) groups excluding carboxylic acids is 1. The van der Waals surface area contributed by atoms with Gasteiger partial charge >= 0.3 is 0 Å². The Morgan fingerprint density at radius 2 is 2.00 bits per heavy atom. The maximum atomic E-state index is 11.9. The fourth-order valence-electron chi connectivity index (χ4n) is 2.46. The summed E-state index contributed by atoms with van der Waals surface area (Å²) >= 11 is 11.1. The molecule has 120 valence electrons. The lowest BCUT2D eigenvalue weighted by Crippen LogP contribution is -2.35. The standard InChI is InChI=1S/C16H22ClN3OS/c17-13-6-8-14(9-7-13)19-16(22)18-10-4-12-20-11-3-1-2-5-15(20)21/h6-9H,1-5,10-12H2,(H2,18,19,22). The maximum Gasteiger partial charge on any atom is 0.222 e. The van der Waals surface area contributed by atoms with Crippen LogP contribution in [0.25, 0.3) is 0 Å². The van der Waals surface area contributed by atoms with E-state index in [1.807, 2.05) is 29.2 Å². The van der Waals surface area contributed by atoms with E-state index in [4.69, 9.17) is 23.8 Å². The highest BCUT2D eigenvalue weighted by Gasteiger charge is 2.15. The Morgan fingerprint density at radius 1 is 1.23 bits per heavy atom. The predicted molar refractivity (Wildman–Crippen MR) is 95.3 cm³/mol. The summed E-state index contributed by atoms with van der Waals surface area (Å²) in [5.74, 6) is 0.291. The molecule has 0 atom stereocenters. The van der Waals surface area contributed by atoms with Crippen molar-refractivity contribution in [2.75, 3.05) is 25.0 Å². The minimum absolute atomic E-state index is 0.291. The van der Waals surface area contributed by atoms with E-state index in [1.54, 1.807) is 0 Å². The van der Waals surface area contributed by atoms with Gasteiger partial charge in [-0.15, -0.1) is 0 Å². The zero-order valence-electron chi connectivity index (χ0n) is 12.6. The number of hydrogen-bond donors (Lipinski definition) is 2. The van der Waals surface area contributed by atoms with Crippen LogP contribution in [-0.2, 0) is 4.79 Å². The van der Waals surface area contributed by atoms with Crippen LogP contribution in [0.15, 0.2) is 24.3 Å². The molecule has 4 nitrogen and oxygen atoms in total. The van der Waals surface area contributed by atoms with Gasteiger partial charge in [-0.2, -0.15) is 0 Å². The van der Waals surface area contributed by atoms with Crippen LogP contribution in [0, 0.1) is 0 Å². The third-order valence-electron chi connectivity index (χ3n) is 3.66. The van der Waals surface area contributed by atoms with E-state index >= 15 is 0 Å². The SMILES string of the molecule is O=C1CCCCCN1CCCNC(=S)Nc1ccc(Cl)cc1. The minimum Gasteiger partial charge on any atom is -0.362 e. The van der Waals surface area contributed by atoms with Crippen molar-refractivity contribution in [3.63, 3.8) is 0 Å². The molecule has 1 aromatic rings. The van der Waals surface area contributed by atoms with Crippen molar-refractivity contribution >= 4 is 40.5 Å². The lowest BCUT2D eigenvalue weighted by atomic mass is 10.2. The molecule has 2 rings (SSSR count).